The van der Waals surface area contributed by atoms with Crippen molar-refractivity contribution in [1.29, 1.82) is 0 Å². The van der Waals surface area contributed by atoms with Crippen molar-refractivity contribution in [1.82, 2.24) is 15.5 Å². The number of hydrogen-bond acceptors (Lipinski definition) is 2. The highest BCUT2D eigenvalue weighted by atomic mass is 127. The second kappa shape index (κ2) is 13.0. The molecule has 0 bridgehead atoms. The average molecular weight is 458 g/mol. The number of amides is 1. The van der Waals surface area contributed by atoms with Crippen LogP contribution in [0.15, 0.2) is 35.3 Å². The van der Waals surface area contributed by atoms with Gasteiger partial charge in [-0.25, -0.2) is 0 Å². The van der Waals surface area contributed by atoms with E-state index in [1.165, 1.54) is 5.56 Å². The molecule has 0 atom stereocenters. The molecule has 1 fully saturated rings. The Hall–Kier alpha value is -1.31. The number of aliphatic imine (C=N–C) groups is 1. The van der Waals surface area contributed by atoms with Gasteiger partial charge in [0.1, 0.15) is 0 Å². The van der Waals surface area contributed by atoms with Crippen LogP contribution in [-0.2, 0) is 11.2 Å². The Labute approximate surface area is 168 Å². The molecule has 0 saturated carbocycles. The van der Waals surface area contributed by atoms with Crippen molar-refractivity contribution < 1.29 is 4.79 Å². The lowest BCUT2D eigenvalue weighted by Gasteiger charge is -2.15. The number of aryl methyl sites for hydroxylation is 1. The summed E-state index contributed by atoms with van der Waals surface area (Å²) in [7, 11) is 0. The fraction of sp³-hybridized carbons (Fsp3) is 0.579. The molecule has 1 aromatic rings. The zero-order valence-electron chi connectivity index (χ0n) is 15.2. The molecule has 6 heteroatoms. The number of nitrogens with one attached hydrogen (secondary N) is 2. The SMILES string of the molecule is CCNC(=NCCCN1CCCC1=O)NCCCc1ccccc1.I. The molecule has 0 unspecified atom stereocenters. The van der Waals surface area contributed by atoms with Crippen molar-refractivity contribution >= 4 is 35.8 Å². The first-order valence-corrected chi connectivity index (χ1v) is 9.13. The Kier molecular flexibility index (Phi) is 11.3. The molecule has 1 aliphatic heterocycles. The molecule has 25 heavy (non-hydrogen) atoms. The lowest BCUT2D eigenvalue weighted by Crippen LogP contribution is -2.38. The first-order chi connectivity index (χ1) is 11.8. The zero-order valence-corrected chi connectivity index (χ0v) is 17.5. The molecule has 1 aromatic carbocycles. The third-order valence-corrected chi connectivity index (χ3v) is 4.15. The van der Waals surface area contributed by atoms with Gasteiger partial charge < -0.3 is 15.5 Å². The van der Waals surface area contributed by atoms with E-state index in [4.69, 9.17) is 0 Å². The van der Waals surface area contributed by atoms with Gasteiger partial charge in [0, 0.05) is 39.1 Å². The second-order valence-corrected chi connectivity index (χ2v) is 6.11. The summed E-state index contributed by atoms with van der Waals surface area (Å²) in [5.41, 5.74) is 1.37. The van der Waals surface area contributed by atoms with Gasteiger partial charge in [-0.1, -0.05) is 30.3 Å². The van der Waals surface area contributed by atoms with Crippen LogP contribution in [0.5, 0.6) is 0 Å². The van der Waals surface area contributed by atoms with E-state index in [-0.39, 0.29) is 24.0 Å². The highest BCUT2D eigenvalue weighted by Crippen LogP contribution is 2.09. The quantitative estimate of drug-likeness (QED) is 0.259. The fourth-order valence-corrected chi connectivity index (χ4v) is 2.88. The van der Waals surface area contributed by atoms with Crippen molar-refractivity contribution in [2.24, 2.45) is 4.99 Å². The standard InChI is InChI=1S/C19H30N4O.HI/c1-2-20-19(21-13-6-11-17-9-4-3-5-10-17)22-14-8-16-23-15-7-12-18(23)24;/h3-5,9-10H,2,6-8,11-16H2,1H3,(H2,20,21,22);1H. The topological polar surface area (TPSA) is 56.7 Å². The Morgan fingerprint density at radius 3 is 2.68 bits per heavy atom. The second-order valence-electron chi connectivity index (χ2n) is 6.11. The molecule has 0 spiro atoms. The van der Waals surface area contributed by atoms with Crippen molar-refractivity contribution in [3.8, 4) is 0 Å². The van der Waals surface area contributed by atoms with Crippen LogP contribution in [0.4, 0.5) is 0 Å². The molecule has 1 saturated heterocycles. The first-order valence-electron chi connectivity index (χ1n) is 9.13. The number of likely N-dealkylation sites (tertiary alicyclic amines) is 1. The largest absolute Gasteiger partial charge is 0.357 e. The average Bonchev–Trinajstić information content (AvgIpc) is 3.01. The number of rotatable bonds is 9. The molecule has 1 amide bonds. The van der Waals surface area contributed by atoms with Crippen LogP contribution in [-0.4, -0.2) is 49.5 Å². The van der Waals surface area contributed by atoms with Crippen LogP contribution in [0, 0.1) is 0 Å². The minimum atomic E-state index is 0. The minimum absolute atomic E-state index is 0. The number of hydrogen-bond donors (Lipinski definition) is 2. The predicted molar refractivity (Wildman–Crippen MR) is 115 cm³/mol. The third-order valence-electron chi connectivity index (χ3n) is 4.15. The predicted octanol–water partition coefficient (Wildman–Crippen LogP) is 2.80. The van der Waals surface area contributed by atoms with Crippen molar-refractivity contribution in [3.63, 3.8) is 0 Å². The maximum Gasteiger partial charge on any atom is 0.222 e. The summed E-state index contributed by atoms with van der Waals surface area (Å²) in [4.78, 5) is 18.1. The summed E-state index contributed by atoms with van der Waals surface area (Å²) in [5.74, 6) is 1.17. The lowest BCUT2D eigenvalue weighted by atomic mass is 10.1. The highest BCUT2D eigenvalue weighted by molar-refractivity contribution is 14.0. The Balaban J connectivity index is 0.00000312. The Morgan fingerprint density at radius 1 is 1.20 bits per heavy atom. The van der Waals surface area contributed by atoms with Gasteiger partial charge in [0.25, 0.3) is 0 Å². The Bertz CT molecular complexity index is 521. The third kappa shape index (κ3) is 8.56. The minimum Gasteiger partial charge on any atom is -0.357 e. The Morgan fingerprint density at radius 2 is 2.00 bits per heavy atom. The summed E-state index contributed by atoms with van der Waals surface area (Å²) in [5, 5.41) is 6.66. The van der Waals surface area contributed by atoms with Gasteiger partial charge in [-0.15, -0.1) is 24.0 Å². The molecular weight excluding hydrogens is 427 g/mol. The first kappa shape index (κ1) is 21.7. The number of carbonyl (C=O) groups is 1. The normalized spacial score (nSPS) is 14.4. The molecule has 0 radical (unpaired) electrons. The molecule has 1 aliphatic rings. The van der Waals surface area contributed by atoms with Gasteiger partial charge in [0.05, 0.1) is 0 Å². The van der Waals surface area contributed by atoms with Gasteiger partial charge in [-0.2, -0.15) is 0 Å². The van der Waals surface area contributed by atoms with E-state index in [1.807, 2.05) is 11.0 Å². The fourth-order valence-electron chi connectivity index (χ4n) is 2.88. The molecule has 2 rings (SSSR count). The summed E-state index contributed by atoms with van der Waals surface area (Å²) >= 11 is 0. The number of halogens is 1. The zero-order chi connectivity index (χ0) is 17.0. The highest BCUT2D eigenvalue weighted by Gasteiger charge is 2.18. The van der Waals surface area contributed by atoms with E-state index in [1.54, 1.807) is 0 Å². The van der Waals surface area contributed by atoms with E-state index >= 15 is 0 Å². The van der Waals surface area contributed by atoms with Gasteiger partial charge in [0.15, 0.2) is 5.96 Å². The number of carbonyl (C=O) groups excluding carboxylic acids is 1. The number of benzene rings is 1. The van der Waals surface area contributed by atoms with Crippen molar-refractivity contribution in [3.05, 3.63) is 35.9 Å². The molecule has 2 N–H and O–H groups in total. The maximum atomic E-state index is 11.6. The summed E-state index contributed by atoms with van der Waals surface area (Å²) in [6.07, 6.45) is 4.80. The van der Waals surface area contributed by atoms with Crippen molar-refractivity contribution in [2.45, 2.75) is 39.0 Å². The van der Waals surface area contributed by atoms with Crippen LogP contribution in [0.25, 0.3) is 0 Å². The van der Waals surface area contributed by atoms with Crippen LogP contribution >= 0.6 is 24.0 Å². The molecule has 140 valence electrons. The van der Waals surface area contributed by atoms with Gasteiger partial charge in [-0.05, 0) is 38.2 Å². The molecule has 5 nitrogen and oxygen atoms in total. The van der Waals surface area contributed by atoms with Crippen LogP contribution in [0.1, 0.15) is 38.2 Å². The van der Waals surface area contributed by atoms with E-state index in [9.17, 15) is 4.79 Å². The molecule has 1 heterocycles. The van der Waals surface area contributed by atoms with E-state index in [2.05, 4.69) is 46.8 Å². The van der Waals surface area contributed by atoms with Gasteiger partial charge >= 0.3 is 0 Å². The van der Waals surface area contributed by atoms with E-state index in [0.29, 0.717) is 5.91 Å². The number of nitrogens with zero attached hydrogens (tertiary/aromatic N) is 2. The van der Waals surface area contributed by atoms with Crippen LogP contribution < -0.4 is 10.6 Å². The lowest BCUT2D eigenvalue weighted by molar-refractivity contribution is -0.127. The van der Waals surface area contributed by atoms with Crippen LogP contribution in [0.3, 0.4) is 0 Å². The molecule has 0 aliphatic carbocycles. The molecule has 0 aromatic heterocycles. The van der Waals surface area contributed by atoms with Crippen LogP contribution in [0.2, 0.25) is 0 Å². The monoisotopic (exact) mass is 458 g/mol. The number of guanidine groups is 1. The molecular formula is C19H31IN4O. The van der Waals surface area contributed by atoms with Crippen molar-refractivity contribution in [2.75, 3.05) is 32.7 Å². The summed E-state index contributed by atoms with van der Waals surface area (Å²) in [6, 6.07) is 10.5. The van der Waals surface area contributed by atoms with Gasteiger partial charge in [0.2, 0.25) is 5.91 Å². The van der Waals surface area contributed by atoms with E-state index < -0.39 is 0 Å². The summed E-state index contributed by atoms with van der Waals surface area (Å²) in [6.45, 7) is 6.33. The van der Waals surface area contributed by atoms with Gasteiger partial charge in [-0.3, -0.25) is 9.79 Å². The maximum absolute atomic E-state index is 11.6. The summed E-state index contributed by atoms with van der Waals surface area (Å²) < 4.78 is 0. The van der Waals surface area contributed by atoms with E-state index in [0.717, 1.165) is 70.8 Å². The smallest absolute Gasteiger partial charge is 0.222 e.